The zero-order valence-electron chi connectivity index (χ0n) is 9.29. The van der Waals surface area contributed by atoms with Crippen LogP contribution in [0.3, 0.4) is 0 Å². The summed E-state index contributed by atoms with van der Waals surface area (Å²) >= 11 is 1.02. The Labute approximate surface area is 110 Å². The minimum absolute atomic E-state index is 0. The minimum Gasteiger partial charge on any atom is -0.468 e. The van der Waals surface area contributed by atoms with Gasteiger partial charge in [0, 0.05) is 11.3 Å². The molecule has 0 spiro atoms. The van der Waals surface area contributed by atoms with Crippen molar-refractivity contribution >= 4 is 35.3 Å². The number of hydrogen-bond acceptors (Lipinski definition) is 5. The van der Waals surface area contributed by atoms with Gasteiger partial charge in [-0.3, -0.25) is 9.59 Å². The van der Waals surface area contributed by atoms with E-state index in [0.29, 0.717) is 5.56 Å². The van der Waals surface area contributed by atoms with Gasteiger partial charge in [0.1, 0.15) is 6.04 Å². The van der Waals surface area contributed by atoms with Crippen molar-refractivity contribution in [2.45, 2.75) is 6.04 Å². The van der Waals surface area contributed by atoms with Crippen LogP contribution in [0.2, 0.25) is 0 Å². The maximum Gasteiger partial charge on any atom is 0.323 e. The smallest absolute Gasteiger partial charge is 0.323 e. The van der Waals surface area contributed by atoms with Crippen molar-refractivity contribution in [2.75, 3.05) is 12.9 Å². The van der Waals surface area contributed by atoms with Gasteiger partial charge in [0.25, 0.3) is 0 Å². The monoisotopic (exact) mass is 275 g/mol. The Morgan fingerprint density at radius 2 is 1.94 bits per heavy atom. The molecule has 1 atom stereocenters. The molecular formula is C11H14ClNO3S. The first kappa shape index (κ1) is 16.0. The second-order valence-corrected chi connectivity index (χ2v) is 4.09. The van der Waals surface area contributed by atoms with Gasteiger partial charge < -0.3 is 10.5 Å². The normalized spacial score (nSPS) is 11.2. The predicted molar refractivity (Wildman–Crippen MR) is 70.5 cm³/mol. The zero-order valence-corrected chi connectivity index (χ0v) is 10.9. The molecule has 0 heterocycles. The first-order valence-electron chi connectivity index (χ1n) is 4.70. The number of rotatable bonds is 4. The lowest BCUT2D eigenvalue weighted by Crippen LogP contribution is -2.34. The second kappa shape index (κ2) is 8.11. The van der Waals surface area contributed by atoms with Gasteiger partial charge in [0.2, 0.25) is 5.12 Å². The highest BCUT2D eigenvalue weighted by atomic mass is 35.5. The first-order valence-corrected chi connectivity index (χ1v) is 5.69. The Morgan fingerprint density at radius 1 is 1.35 bits per heavy atom. The number of hydrogen-bond donors (Lipinski definition) is 1. The third-order valence-electron chi connectivity index (χ3n) is 1.91. The molecule has 4 nitrogen and oxygen atoms in total. The molecular weight excluding hydrogens is 262 g/mol. The third kappa shape index (κ3) is 5.21. The van der Waals surface area contributed by atoms with Crippen molar-refractivity contribution < 1.29 is 14.3 Å². The van der Waals surface area contributed by atoms with Crippen LogP contribution in [0.4, 0.5) is 0 Å². The fraction of sp³-hybridized carbons (Fsp3) is 0.273. The average molecular weight is 276 g/mol. The summed E-state index contributed by atoms with van der Waals surface area (Å²) in [6.45, 7) is 0. The maximum absolute atomic E-state index is 11.6. The zero-order chi connectivity index (χ0) is 12.0. The number of ether oxygens (including phenoxy) is 1. The van der Waals surface area contributed by atoms with E-state index >= 15 is 0 Å². The van der Waals surface area contributed by atoms with Gasteiger partial charge in [-0.2, -0.15) is 0 Å². The topological polar surface area (TPSA) is 69.4 Å². The number of benzene rings is 1. The molecule has 2 N–H and O–H groups in total. The number of thioether (sulfide) groups is 1. The summed E-state index contributed by atoms with van der Waals surface area (Å²) in [6, 6.07) is 8.09. The van der Waals surface area contributed by atoms with Crippen LogP contribution < -0.4 is 5.73 Å². The van der Waals surface area contributed by atoms with Gasteiger partial charge >= 0.3 is 5.97 Å². The van der Waals surface area contributed by atoms with E-state index in [1.54, 1.807) is 24.3 Å². The molecule has 0 saturated heterocycles. The van der Waals surface area contributed by atoms with Crippen LogP contribution in [0, 0.1) is 0 Å². The average Bonchev–Trinajstić information content (AvgIpc) is 2.35. The molecule has 0 aliphatic heterocycles. The molecule has 0 aromatic heterocycles. The van der Waals surface area contributed by atoms with Crippen LogP contribution in [0.5, 0.6) is 0 Å². The minimum atomic E-state index is -0.761. The van der Waals surface area contributed by atoms with Gasteiger partial charge in [-0.15, -0.1) is 12.4 Å². The van der Waals surface area contributed by atoms with E-state index in [0.717, 1.165) is 11.8 Å². The molecule has 0 unspecified atom stereocenters. The molecule has 0 bridgehead atoms. The summed E-state index contributed by atoms with van der Waals surface area (Å²) in [6.07, 6.45) is 0. The quantitative estimate of drug-likeness (QED) is 0.843. The number of carbonyl (C=O) groups is 2. The van der Waals surface area contributed by atoms with Crippen molar-refractivity contribution in [3.63, 3.8) is 0 Å². The Morgan fingerprint density at radius 3 is 2.47 bits per heavy atom. The Bertz CT molecular complexity index is 372. The van der Waals surface area contributed by atoms with Crippen molar-refractivity contribution in [1.29, 1.82) is 0 Å². The highest BCUT2D eigenvalue weighted by molar-refractivity contribution is 8.14. The lowest BCUT2D eigenvalue weighted by Gasteiger charge is -2.07. The first-order chi connectivity index (χ1) is 7.65. The van der Waals surface area contributed by atoms with Crippen molar-refractivity contribution in [3.8, 4) is 0 Å². The van der Waals surface area contributed by atoms with E-state index < -0.39 is 12.0 Å². The number of esters is 1. The number of nitrogens with two attached hydrogens (primary N) is 1. The molecule has 1 rings (SSSR count). The fourth-order valence-corrected chi connectivity index (χ4v) is 1.81. The molecule has 0 saturated carbocycles. The van der Waals surface area contributed by atoms with Gasteiger partial charge in [-0.1, -0.05) is 42.1 Å². The SMILES string of the molecule is COC(=O)[C@@H](N)CSC(=O)c1ccccc1.Cl. The lowest BCUT2D eigenvalue weighted by atomic mass is 10.2. The molecule has 1 aromatic rings. The van der Waals surface area contributed by atoms with Gasteiger partial charge in [0.15, 0.2) is 0 Å². The second-order valence-electron chi connectivity index (χ2n) is 3.09. The largest absolute Gasteiger partial charge is 0.468 e. The summed E-state index contributed by atoms with van der Waals surface area (Å²) < 4.78 is 4.46. The summed E-state index contributed by atoms with van der Waals surface area (Å²) in [4.78, 5) is 22.6. The molecule has 1 aromatic carbocycles. The van der Waals surface area contributed by atoms with Crippen LogP contribution in [0.15, 0.2) is 30.3 Å². The van der Waals surface area contributed by atoms with E-state index in [9.17, 15) is 9.59 Å². The molecule has 0 radical (unpaired) electrons. The standard InChI is InChI=1S/C11H13NO3S.ClH/c1-15-10(13)9(12)7-16-11(14)8-5-3-2-4-6-8;/h2-6,9H,7,12H2,1H3;1H/t9-;/m0./s1. The van der Waals surface area contributed by atoms with Crippen LogP contribution in [-0.2, 0) is 9.53 Å². The molecule has 0 amide bonds. The van der Waals surface area contributed by atoms with E-state index in [2.05, 4.69) is 4.74 Å². The van der Waals surface area contributed by atoms with E-state index in [-0.39, 0.29) is 23.3 Å². The van der Waals surface area contributed by atoms with E-state index in [4.69, 9.17) is 5.73 Å². The fourth-order valence-electron chi connectivity index (χ4n) is 1.04. The number of halogens is 1. The molecule has 6 heteroatoms. The highest BCUT2D eigenvalue weighted by Crippen LogP contribution is 2.12. The van der Waals surface area contributed by atoms with Gasteiger partial charge in [0.05, 0.1) is 7.11 Å². The lowest BCUT2D eigenvalue weighted by molar-refractivity contribution is -0.141. The van der Waals surface area contributed by atoms with E-state index in [1.807, 2.05) is 6.07 Å². The van der Waals surface area contributed by atoms with Gasteiger partial charge in [-0.05, 0) is 0 Å². The van der Waals surface area contributed by atoms with Crippen molar-refractivity contribution in [2.24, 2.45) is 5.73 Å². The summed E-state index contributed by atoms with van der Waals surface area (Å²) in [7, 11) is 1.27. The van der Waals surface area contributed by atoms with Crippen LogP contribution in [0.1, 0.15) is 10.4 Å². The molecule has 17 heavy (non-hydrogen) atoms. The predicted octanol–water partition coefficient (Wildman–Crippen LogP) is 1.48. The van der Waals surface area contributed by atoms with E-state index in [1.165, 1.54) is 7.11 Å². The van der Waals surface area contributed by atoms with Crippen molar-refractivity contribution in [1.82, 2.24) is 0 Å². The highest BCUT2D eigenvalue weighted by Gasteiger charge is 2.16. The molecule has 0 aliphatic carbocycles. The summed E-state index contributed by atoms with van der Waals surface area (Å²) in [5.41, 5.74) is 6.11. The van der Waals surface area contributed by atoms with Gasteiger partial charge in [-0.25, -0.2) is 0 Å². The van der Waals surface area contributed by atoms with Crippen LogP contribution in [-0.4, -0.2) is 30.0 Å². The maximum atomic E-state index is 11.6. The molecule has 0 aliphatic rings. The number of carbonyl (C=O) groups excluding carboxylic acids is 2. The summed E-state index contributed by atoms with van der Waals surface area (Å²) in [5.74, 6) is -0.284. The number of methoxy groups -OCH3 is 1. The van der Waals surface area contributed by atoms with Crippen LogP contribution >= 0.6 is 24.2 Å². The molecule has 94 valence electrons. The summed E-state index contributed by atoms with van der Waals surface area (Å²) in [5, 5.41) is -0.0973. The Balaban J connectivity index is 0.00000256. The Hall–Kier alpha value is -1.04. The third-order valence-corrected chi connectivity index (χ3v) is 2.93. The Kier molecular flexibility index (Phi) is 7.61. The molecule has 0 fully saturated rings. The van der Waals surface area contributed by atoms with Crippen molar-refractivity contribution in [3.05, 3.63) is 35.9 Å². The van der Waals surface area contributed by atoms with Crippen LogP contribution in [0.25, 0.3) is 0 Å².